The highest BCUT2D eigenvalue weighted by Gasteiger charge is 2.12. The number of rotatable bonds is 1. The van der Waals surface area contributed by atoms with Gasteiger partial charge in [0.2, 0.25) is 0 Å². The van der Waals surface area contributed by atoms with E-state index in [0.717, 1.165) is 15.9 Å². The fourth-order valence-corrected chi connectivity index (χ4v) is 2.19. The van der Waals surface area contributed by atoms with Crippen molar-refractivity contribution in [1.29, 1.82) is 0 Å². The van der Waals surface area contributed by atoms with Gasteiger partial charge in [-0.1, -0.05) is 6.07 Å². The standard InChI is InChI=1S/C10H11BrN2O/c1-6-4-7(2)8-9(14-3)10(11)12-13(8)5-6/h4-5H,1-3H3. The fourth-order valence-electron chi connectivity index (χ4n) is 1.67. The largest absolute Gasteiger partial charge is 0.492 e. The van der Waals surface area contributed by atoms with E-state index in [1.807, 2.05) is 10.7 Å². The smallest absolute Gasteiger partial charge is 0.179 e. The van der Waals surface area contributed by atoms with Crippen LogP contribution in [-0.4, -0.2) is 16.7 Å². The molecule has 2 aromatic heterocycles. The van der Waals surface area contributed by atoms with Crippen molar-refractivity contribution in [3.05, 3.63) is 28.0 Å². The van der Waals surface area contributed by atoms with E-state index in [-0.39, 0.29) is 0 Å². The van der Waals surface area contributed by atoms with Gasteiger partial charge in [-0.2, -0.15) is 5.10 Å². The van der Waals surface area contributed by atoms with E-state index in [9.17, 15) is 0 Å². The number of ether oxygens (including phenoxy) is 1. The van der Waals surface area contributed by atoms with Gasteiger partial charge in [-0.15, -0.1) is 0 Å². The van der Waals surface area contributed by atoms with E-state index >= 15 is 0 Å². The Kier molecular flexibility index (Phi) is 2.23. The minimum atomic E-state index is 0.744. The zero-order chi connectivity index (χ0) is 10.3. The molecule has 14 heavy (non-hydrogen) atoms. The van der Waals surface area contributed by atoms with Crippen LogP contribution in [0.5, 0.6) is 5.75 Å². The van der Waals surface area contributed by atoms with Crippen molar-refractivity contribution in [3.8, 4) is 5.75 Å². The molecule has 0 aliphatic heterocycles. The molecular weight excluding hydrogens is 244 g/mol. The second kappa shape index (κ2) is 3.28. The summed E-state index contributed by atoms with van der Waals surface area (Å²) in [4.78, 5) is 0. The molecule has 0 unspecified atom stereocenters. The lowest BCUT2D eigenvalue weighted by atomic mass is 10.2. The molecule has 0 aromatic carbocycles. The van der Waals surface area contributed by atoms with E-state index in [4.69, 9.17) is 4.74 Å². The number of methoxy groups -OCH3 is 1. The van der Waals surface area contributed by atoms with Crippen LogP contribution >= 0.6 is 15.9 Å². The Bertz CT molecular complexity index is 490. The Morgan fingerprint density at radius 3 is 2.79 bits per heavy atom. The summed E-state index contributed by atoms with van der Waals surface area (Å²) in [5.74, 6) is 0.794. The highest BCUT2D eigenvalue weighted by molar-refractivity contribution is 9.10. The average Bonchev–Trinajstić information content (AvgIpc) is 2.40. The lowest BCUT2D eigenvalue weighted by Gasteiger charge is -2.02. The normalized spacial score (nSPS) is 10.9. The summed E-state index contributed by atoms with van der Waals surface area (Å²) in [5.41, 5.74) is 3.37. The van der Waals surface area contributed by atoms with Gasteiger partial charge in [0, 0.05) is 6.20 Å². The molecule has 3 nitrogen and oxygen atoms in total. The Morgan fingerprint density at radius 1 is 1.43 bits per heavy atom. The first-order valence-electron chi connectivity index (χ1n) is 4.32. The number of halogens is 1. The molecule has 0 atom stereocenters. The van der Waals surface area contributed by atoms with Crippen molar-refractivity contribution < 1.29 is 4.74 Å². The minimum Gasteiger partial charge on any atom is -0.492 e. The second-order valence-corrected chi connectivity index (χ2v) is 4.07. The zero-order valence-corrected chi connectivity index (χ0v) is 9.92. The quantitative estimate of drug-likeness (QED) is 0.783. The molecule has 4 heteroatoms. The van der Waals surface area contributed by atoms with E-state index in [2.05, 4.69) is 40.9 Å². The van der Waals surface area contributed by atoms with Crippen LogP contribution in [0.2, 0.25) is 0 Å². The van der Waals surface area contributed by atoms with Crippen molar-refractivity contribution in [1.82, 2.24) is 9.61 Å². The molecule has 0 bridgehead atoms. The van der Waals surface area contributed by atoms with Gasteiger partial charge >= 0.3 is 0 Å². The van der Waals surface area contributed by atoms with Crippen LogP contribution < -0.4 is 4.74 Å². The van der Waals surface area contributed by atoms with E-state index in [1.165, 1.54) is 11.1 Å². The van der Waals surface area contributed by atoms with Gasteiger partial charge < -0.3 is 4.74 Å². The number of hydrogen-bond donors (Lipinski definition) is 0. The molecule has 0 amide bonds. The third-order valence-corrected chi connectivity index (χ3v) is 2.69. The van der Waals surface area contributed by atoms with Gasteiger partial charge in [0.15, 0.2) is 10.4 Å². The summed E-state index contributed by atoms with van der Waals surface area (Å²) in [7, 11) is 1.65. The van der Waals surface area contributed by atoms with Crippen LogP contribution in [0.4, 0.5) is 0 Å². The molecule has 0 aliphatic rings. The highest BCUT2D eigenvalue weighted by atomic mass is 79.9. The summed E-state index contributed by atoms with van der Waals surface area (Å²) < 4.78 is 7.87. The lowest BCUT2D eigenvalue weighted by Crippen LogP contribution is -1.91. The summed E-state index contributed by atoms with van der Waals surface area (Å²) in [6.07, 6.45) is 1.98. The van der Waals surface area contributed by atoms with Gasteiger partial charge in [0.05, 0.1) is 7.11 Å². The molecule has 0 N–H and O–H groups in total. The van der Waals surface area contributed by atoms with Crippen LogP contribution in [0.15, 0.2) is 16.9 Å². The van der Waals surface area contributed by atoms with Gasteiger partial charge in [0.25, 0.3) is 0 Å². The number of nitrogens with zero attached hydrogens (tertiary/aromatic N) is 2. The van der Waals surface area contributed by atoms with E-state index in [0.29, 0.717) is 0 Å². The predicted molar refractivity (Wildman–Crippen MR) is 58.9 cm³/mol. The number of aromatic nitrogens is 2. The van der Waals surface area contributed by atoms with Gasteiger partial charge in [-0.25, -0.2) is 4.52 Å². The lowest BCUT2D eigenvalue weighted by molar-refractivity contribution is 0.416. The summed E-state index contributed by atoms with van der Waals surface area (Å²) in [5, 5.41) is 4.31. The monoisotopic (exact) mass is 254 g/mol. The average molecular weight is 255 g/mol. The van der Waals surface area contributed by atoms with Crippen molar-refractivity contribution >= 4 is 21.4 Å². The first kappa shape index (κ1) is 9.52. The Morgan fingerprint density at radius 2 is 2.14 bits per heavy atom. The van der Waals surface area contributed by atoms with Crippen LogP contribution in [-0.2, 0) is 0 Å². The van der Waals surface area contributed by atoms with E-state index < -0.39 is 0 Å². The summed E-state index contributed by atoms with van der Waals surface area (Å²) >= 11 is 3.37. The number of hydrogen-bond acceptors (Lipinski definition) is 2. The fraction of sp³-hybridized carbons (Fsp3) is 0.300. The SMILES string of the molecule is COc1c(Br)nn2cc(C)cc(C)c12. The van der Waals surface area contributed by atoms with Crippen LogP contribution in [0.3, 0.4) is 0 Å². The molecule has 0 saturated carbocycles. The Labute approximate surface area is 90.8 Å². The molecule has 2 aromatic rings. The van der Waals surface area contributed by atoms with Gasteiger partial charge in [-0.3, -0.25) is 0 Å². The minimum absolute atomic E-state index is 0.744. The van der Waals surface area contributed by atoms with Crippen LogP contribution in [0, 0.1) is 13.8 Å². The molecule has 0 saturated heterocycles. The van der Waals surface area contributed by atoms with Crippen molar-refractivity contribution in [2.45, 2.75) is 13.8 Å². The molecule has 0 spiro atoms. The van der Waals surface area contributed by atoms with Gasteiger partial charge in [-0.05, 0) is 40.9 Å². The topological polar surface area (TPSA) is 26.5 Å². The second-order valence-electron chi connectivity index (χ2n) is 3.32. The summed E-state index contributed by atoms with van der Waals surface area (Å²) in [6.45, 7) is 4.10. The van der Waals surface area contributed by atoms with Crippen LogP contribution in [0.1, 0.15) is 11.1 Å². The Balaban J connectivity index is 2.88. The summed E-state index contributed by atoms with van der Waals surface area (Å²) in [6, 6.07) is 2.12. The van der Waals surface area contributed by atoms with Crippen molar-refractivity contribution in [2.75, 3.05) is 7.11 Å². The van der Waals surface area contributed by atoms with Crippen molar-refractivity contribution in [3.63, 3.8) is 0 Å². The first-order chi connectivity index (χ1) is 6.63. The maximum Gasteiger partial charge on any atom is 0.179 e. The third-order valence-electron chi connectivity index (χ3n) is 2.17. The molecule has 0 aliphatic carbocycles. The maximum absolute atomic E-state index is 5.29. The molecule has 2 rings (SSSR count). The first-order valence-corrected chi connectivity index (χ1v) is 5.12. The molecule has 0 fully saturated rings. The number of aryl methyl sites for hydroxylation is 2. The zero-order valence-electron chi connectivity index (χ0n) is 8.34. The third kappa shape index (κ3) is 1.30. The van der Waals surface area contributed by atoms with Gasteiger partial charge in [0.1, 0.15) is 5.52 Å². The highest BCUT2D eigenvalue weighted by Crippen LogP contribution is 2.31. The van der Waals surface area contributed by atoms with E-state index in [1.54, 1.807) is 7.11 Å². The number of pyridine rings is 1. The maximum atomic E-state index is 5.29. The molecule has 2 heterocycles. The predicted octanol–water partition coefficient (Wildman–Crippen LogP) is 2.72. The Hall–Kier alpha value is -1.03. The van der Waals surface area contributed by atoms with Crippen LogP contribution in [0.25, 0.3) is 5.52 Å². The molecule has 74 valence electrons. The molecule has 0 radical (unpaired) electrons. The van der Waals surface area contributed by atoms with Crippen molar-refractivity contribution in [2.24, 2.45) is 0 Å². The molecular formula is C10H11BrN2O. The number of fused-ring (bicyclic) bond motifs is 1.